The maximum Gasteiger partial charge on any atom is 0.304 e. The smallest absolute Gasteiger partial charge is 0.304 e. The molecular weight excluding hydrogens is 246 g/mol. The molecule has 0 saturated carbocycles. The summed E-state index contributed by atoms with van der Waals surface area (Å²) < 4.78 is 0. The van der Waals surface area contributed by atoms with Gasteiger partial charge in [0, 0.05) is 16.4 Å². The first-order valence-electron chi connectivity index (χ1n) is 6.01. The van der Waals surface area contributed by atoms with Gasteiger partial charge in [0.2, 0.25) is 0 Å². The number of fused-ring (bicyclic) bond motifs is 1. The number of rotatable bonds is 3. The molecule has 0 bridgehead atoms. The van der Waals surface area contributed by atoms with Gasteiger partial charge in [-0.25, -0.2) is 4.98 Å². The van der Waals surface area contributed by atoms with Gasteiger partial charge in [-0.2, -0.15) is 0 Å². The average molecular weight is 259 g/mol. The second-order valence-corrected chi connectivity index (χ2v) is 5.61. The van der Waals surface area contributed by atoms with Crippen LogP contribution < -0.4 is 0 Å². The molecule has 1 atom stereocenters. The Balaban J connectivity index is 1.92. The summed E-state index contributed by atoms with van der Waals surface area (Å²) in [5, 5.41) is 9.91. The highest BCUT2D eigenvalue weighted by Gasteiger charge is 2.28. The third kappa shape index (κ3) is 2.04. The van der Waals surface area contributed by atoms with E-state index in [9.17, 15) is 4.79 Å². The summed E-state index contributed by atoms with van der Waals surface area (Å²) in [6.07, 6.45) is 2.10. The van der Waals surface area contributed by atoms with E-state index in [4.69, 9.17) is 5.11 Å². The lowest BCUT2D eigenvalue weighted by Gasteiger charge is -2.04. The topological polar surface area (TPSA) is 50.2 Å². The van der Waals surface area contributed by atoms with Gasteiger partial charge >= 0.3 is 5.97 Å². The Kier molecular flexibility index (Phi) is 2.88. The normalized spacial score (nSPS) is 17.7. The predicted octanol–water partition coefficient (Wildman–Crippen LogP) is 3.31. The molecule has 1 aromatic carbocycles. The summed E-state index contributed by atoms with van der Waals surface area (Å²) in [4.78, 5) is 16.7. The highest BCUT2D eigenvalue weighted by molar-refractivity contribution is 7.15. The Hall–Kier alpha value is -1.68. The number of hydrogen-bond donors (Lipinski definition) is 1. The summed E-state index contributed by atoms with van der Waals surface area (Å²) in [6.45, 7) is 0. The van der Waals surface area contributed by atoms with Crippen LogP contribution in [0.4, 0.5) is 0 Å². The monoisotopic (exact) mass is 259 g/mol. The molecular formula is C14H13NO2S. The zero-order chi connectivity index (χ0) is 12.5. The Morgan fingerprint density at radius 1 is 1.39 bits per heavy atom. The Morgan fingerprint density at radius 3 is 2.89 bits per heavy atom. The summed E-state index contributed by atoms with van der Waals surface area (Å²) in [7, 11) is 0. The lowest BCUT2D eigenvalue weighted by atomic mass is 10.0. The van der Waals surface area contributed by atoms with Crippen LogP contribution in [0.3, 0.4) is 0 Å². The molecule has 1 aliphatic rings. The van der Waals surface area contributed by atoms with Gasteiger partial charge < -0.3 is 5.11 Å². The average Bonchev–Trinajstić information content (AvgIpc) is 2.92. The van der Waals surface area contributed by atoms with Crippen LogP contribution in [0.15, 0.2) is 30.3 Å². The second-order valence-electron chi connectivity index (χ2n) is 4.53. The van der Waals surface area contributed by atoms with Crippen LogP contribution in [0.25, 0.3) is 10.6 Å². The summed E-state index contributed by atoms with van der Waals surface area (Å²) >= 11 is 1.70. The van der Waals surface area contributed by atoms with Gasteiger partial charge in [-0.1, -0.05) is 30.3 Å². The lowest BCUT2D eigenvalue weighted by Crippen LogP contribution is -2.03. The first-order valence-corrected chi connectivity index (χ1v) is 6.82. The summed E-state index contributed by atoms with van der Waals surface area (Å²) in [5.74, 6) is -0.631. The Morgan fingerprint density at radius 2 is 2.17 bits per heavy atom. The fourth-order valence-electron chi connectivity index (χ4n) is 2.42. The number of carbonyl (C=O) groups is 1. The van der Waals surface area contributed by atoms with E-state index in [-0.39, 0.29) is 12.3 Å². The molecule has 1 aromatic heterocycles. The van der Waals surface area contributed by atoms with E-state index < -0.39 is 5.97 Å². The van der Waals surface area contributed by atoms with E-state index in [1.165, 1.54) is 4.88 Å². The summed E-state index contributed by atoms with van der Waals surface area (Å²) in [5.41, 5.74) is 2.13. The van der Waals surface area contributed by atoms with Crippen molar-refractivity contribution in [1.29, 1.82) is 0 Å². The molecule has 1 heterocycles. The number of aliphatic carboxylic acids is 1. The van der Waals surface area contributed by atoms with Crippen LogP contribution in [-0.4, -0.2) is 16.1 Å². The van der Waals surface area contributed by atoms with E-state index in [1.807, 2.05) is 30.3 Å². The fourth-order valence-corrected chi connectivity index (χ4v) is 3.59. The highest BCUT2D eigenvalue weighted by atomic mass is 32.1. The number of aromatic nitrogens is 1. The molecule has 0 radical (unpaired) electrons. The molecule has 2 aromatic rings. The standard InChI is InChI=1S/C14H13NO2S/c16-12(17)8-10-6-7-11-13(10)15-14(18-11)9-4-2-1-3-5-9/h1-5,10H,6-8H2,(H,16,17). The zero-order valence-electron chi connectivity index (χ0n) is 9.80. The molecule has 18 heavy (non-hydrogen) atoms. The second kappa shape index (κ2) is 4.53. The van der Waals surface area contributed by atoms with E-state index in [0.29, 0.717) is 0 Å². The third-order valence-electron chi connectivity index (χ3n) is 3.28. The van der Waals surface area contributed by atoms with Crippen molar-refractivity contribution in [2.75, 3.05) is 0 Å². The maximum absolute atomic E-state index is 10.8. The van der Waals surface area contributed by atoms with Gasteiger partial charge in [-0.3, -0.25) is 4.79 Å². The largest absolute Gasteiger partial charge is 0.481 e. The van der Waals surface area contributed by atoms with E-state index >= 15 is 0 Å². The fraction of sp³-hybridized carbons (Fsp3) is 0.286. The molecule has 92 valence electrons. The molecule has 0 fully saturated rings. The van der Waals surface area contributed by atoms with Crippen LogP contribution in [0, 0.1) is 0 Å². The molecule has 0 amide bonds. The van der Waals surface area contributed by atoms with Crippen molar-refractivity contribution in [1.82, 2.24) is 4.98 Å². The zero-order valence-corrected chi connectivity index (χ0v) is 10.6. The van der Waals surface area contributed by atoms with Crippen molar-refractivity contribution in [3.05, 3.63) is 40.9 Å². The van der Waals surface area contributed by atoms with Crippen LogP contribution >= 0.6 is 11.3 Å². The minimum absolute atomic E-state index is 0.103. The number of nitrogens with zero attached hydrogens (tertiary/aromatic N) is 1. The van der Waals surface area contributed by atoms with Crippen molar-refractivity contribution in [2.45, 2.75) is 25.2 Å². The first-order chi connectivity index (χ1) is 8.74. The van der Waals surface area contributed by atoms with Crippen LogP contribution in [-0.2, 0) is 11.2 Å². The van der Waals surface area contributed by atoms with Crippen molar-refractivity contribution in [3.8, 4) is 10.6 Å². The van der Waals surface area contributed by atoms with Gasteiger partial charge in [0.1, 0.15) is 5.01 Å². The van der Waals surface area contributed by atoms with Gasteiger partial charge in [-0.15, -0.1) is 11.3 Å². The van der Waals surface area contributed by atoms with Gasteiger partial charge in [0.05, 0.1) is 12.1 Å². The number of benzene rings is 1. The number of aryl methyl sites for hydroxylation is 1. The molecule has 4 heteroatoms. The molecule has 1 aliphatic carbocycles. The van der Waals surface area contributed by atoms with Crippen LogP contribution in [0.1, 0.15) is 29.3 Å². The van der Waals surface area contributed by atoms with Gasteiger partial charge in [0.25, 0.3) is 0 Å². The maximum atomic E-state index is 10.8. The van der Waals surface area contributed by atoms with Crippen molar-refractivity contribution < 1.29 is 9.90 Å². The van der Waals surface area contributed by atoms with E-state index in [0.717, 1.165) is 29.1 Å². The number of thiazole rings is 1. The highest BCUT2D eigenvalue weighted by Crippen LogP contribution is 2.40. The number of hydrogen-bond acceptors (Lipinski definition) is 3. The van der Waals surface area contributed by atoms with E-state index in [2.05, 4.69) is 4.98 Å². The first kappa shape index (κ1) is 11.4. The van der Waals surface area contributed by atoms with E-state index in [1.54, 1.807) is 11.3 Å². The minimum atomic E-state index is -0.734. The van der Waals surface area contributed by atoms with Crippen LogP contribution in [0.2, 0.25) is 0 Å². The number of carboxylic acid groups (broad SMARTS) is 1. The van der Waals surface area contributed by atoms with Crippen molar-refractivity contribution in [3.63, 3.8) is 0 Å². The molecule has 0 spiro atoms. The Labute approximate surface area is 109 Å². The molecule has 3 rings (SSSR count). The number of carboxylic acids is 1. The molecule has 1 unspecified atom stereocenters. The lowest BCUT2D eigenvalue weighted by molar-refractivity contribution is -0.137. The Bertz CT molecular complexity index is 577. The molecule has 0 aliphatic heterocycles. The third-order valence-corrected chi connectivity index (χ3v) is 4.46. The van der Waals surface area contributed by atoms with Crippen molar-refractivity contribution in [2.24, 2.45) is 0 Å². The quantitative estimate of drug-likeness (QED) is 0.920. The molecule has 3 nitrogen and oxygen atoms in total. The predicted molar refractivity (Wildman–Crippen MR) is 70.9 cm³/mol. The van der Waals surface area contributed by atoms with Gasteiger partial charge in [0.15, 0.2) is 0 Å². The minimum Gasteiger partial charge on any atom is -0.481 e. The van der Waals surface area contributed by atoms with Crippen LogP contribution in [0.5, 0.6) is 0 Å². The SMILES string of the molecule is O=C(O)CC1CCc2sc(-c3ccccc3)nc21. The molecule has 1 N–H and O–H groups in total. The van der Waals surface area contributed by atoms with Crippen molar-refractivity contribution >= 4 is 17.3 Å². The summed E-state index contributed by atoms with van der Waals surface area (Å²) in [6, 6.07) is 10.1. The van der Waals surface area contributed by atoms with Gasteiger partial charge in [-0.05, 0) is 12.8 Å². The molecule has 0 saturated heterocycles.